The Bertz CT molecular complexity index is 1470. The summed E-state index contributed by atoms with van der Waals surface area (Å²) in [6.07, 6.45) is 3.48. The molecule has 1 unspecified atom stereocenters. The van der Waals surface area contributed by atoms with Crippen LogP contribution in [0.4, 0.5) is 0 Å². The zero-order valence-electron chi connectivity index (χ0n) is 23.3. The van der Waals surface area contributed by atoms with Crippen LogP contribution in [-0.2, 0) is 34.4 Å². The fourth-order valence-electron chi connectivity index (χ4n) is 5.92. The molecule has 3 atom stereocenters. The van der Waals surface area contributed by atoms with E-state index in [2.05, 4.69) is 21.7 Å². The number of carbonyl (C=O) groups excluding carboxylic acids is 3. The molecule has 214 valence electrons. The fourth-order valence-corrected chi connectivity index (χ4v) is 5.92. The van der Waals surface area contributed by atoms with Crippen LogP contribution >= 0.6 is 0 Å². The van der Waals surface area contributed by atoms with Crippen molar-refractivity contribution < 1.29 is 14.4 Å². The summed E-state index contributed by atoms with van der Waals surface area (Å²) < 4.78 is 1.69. The second-order valence-corrected chi connectivity index (χ2v) is 11.1. The number of benzene rings is 2. The summed E-state index contributed by atoms with van der Waals surface area (Å²) in [4.78, 5) is 43.0. The summed E-state index contributed by atoms with van der Waals surface area (Å²) in [5, 5.41) is 20.7. The molecule has 2 aromatic carbocycles. The molecule has 3 N–H and O–H groups in total. The smallest absolute Gasteiger partial charge is 0.243 e. The molecule has 3 aromatic rings. The van der Waals surface area contributed by atoms with E-state index < -0.39 is 12.1 Å². The molecular weight excluding hydrogens is 520 g/mol. The number of rotatable bonds is 9. The Balaban J connectivity index is 1.27. The number of carbonyl (C=O) groups is 3. The molecule has 1 aromatic heterocycles. The minimum absolute atomic E-state index is 0.0152. The predicted molar refractivity (Wildman–Crippen MR) is 152 cm³/mol. The number of hydrogen-bond donors (Lipinski definition) is 2. The molecule has 2 fully saturated rings. The minimum Gasteiger partial charge on any atom is -0.350 e. The van der Waals surface area contributed by atoms with Gasteiger partial charge in [-0.2, -0.15) is 5.26 Å². The Hall–Kier alpha value is -4.30. The Kier molecular flexibility index (Phi) is 8.59. The summed E-state index contributed by atoms with van der Waals surface area (Å²) in [6, 6.07) is 13.8. The maximum absolute atomic E-state index is 13.6. The van der Waals surface area contributed by atoms with E-state index in [0.29, 0.717) is 24.9 Å². The third-order valence-electron chi connectivity index (χ3n) is 8.21. The number of aryl methyl sites for hydroxylation is 1. The van der Waals surface area contributed by atoms with Gasteiger partial charge >= 0.3 is 0 Å². The van der Waals surface area contributed by atoms with Crippen LogP contribution in [0.25, 0.3) is 11.0 Å². The van der Waals surface area contributed by atoms with Gasteiger partial charge in [0.15, 0.2) is 0 Å². The van der Waals surface area contributed by atoms with Gasteiger partial charge in [-0.15, -0.1) is 5.10 Å². The summed E-state index contributed by atoms with van der Waals surface area (Å²) in [5.41, 5.74) is 10.3. The molecule has 0 saturated carbocycles. The van der Waals surface area contributed by atoms with Gasteiger partial charge in [-0.1, -0.05) is 29.5 Å². The van der Waals surface area contributed by atoms with Gasteiger partial charge in [-0.3, -0.25) is 14.4 Å². The highest BCUT2D eigenvalue weighted by atomic mass is 16.2. The van der Waals surface area contributed by atoms with E-state index in [9.17, 15) is 19.6 Å². The Morgan fingerprint density at radius 1 is 1.17 bits per heavy atom. The molecule has 0 spiro atoms. The van der Waals surface area contributed by atoms with Gasteiger partial charge in [0.1, 0.15) is 11.6 Å². The number of nitrogens with two attached hydrogens (primary N) is 1. The fraction of sp³-hybridized carbons (Fsp3) is 0.467. The number of nitriles is 1. The van der Waals surface area contributed by atoms with Crippen molar-refractivity contribution in [3.8, 4) is 6.07 Å². The number of hydrogen-bond acceptors (Lipinski definition) is 7. The van der Waals surface area contributed by atoms with Crippen LogP contribution < -0.4 is 11.1 Å². The van der Waals surface area contributed by atoms with Crippen LogP contribution in [0.3, 0.4) is 0 Å². The second kappa shape index (κ2) is 12.5. The zero-order chi connectivity index (χ0) is 28.9. The first kappa shape index (κ1) is 28.2. The van der Waals surface area contributed by atoms with Crippen molar-refractivity contribution in [3.63, 3.8) is 0 Å². The second-order valence-electron chi connectivity index (χ2n) is 11.1. The molecule has 5 rings (SSSR count). The largest absolute Gasteiger partial charge is 0.350 e. The first-order chi connectivity index (χ1) is 19.8. The topological polar surface area (TPSA) is 150 Å². The molecule has 3 heterocycles. The lowest BCUT2D eigenvalue weighted by molar-refractivity contribution is -0.140. The van der Waals surface area contributed by atoms with Gasteiger partial charge in [0, 0.05) is 39.6 Å². The van der Waals surface area contributed by atoms with Gasteiger partial charge in [0.2, 0.25) is 17.7 Å². The van der Waals surface area contributed by atoms with Crippen LogP contribution in [0.15, 0.2) is 42.5 Å². The highest BCUT2D eigenvalue weighted by molar-refractivity contribution is 5.91. The monoisotopic (exact) mass is 556 g/mol. The molecule has 11 heteroatoms. The lowest BCUT2D eigenvalue weighted by Crippen LogP contribution is -2.51. The van der Waals surface area contributed by atoms with Crippen LogP contribution in [-0.4, -0.2) is 74.2 Å². The predicted octanol–water partition coefficient (Wildman–Crippen LogP) is 1.65. The molecule has 0 aliphatic carbocycles. The first-order valence-corrected chi connectivity index (χ1v) is 14.2. The summed E-state index contributed by atoms with van der Waals surface area (Å²) in [6.45, 7) is 2.15. The lowest BCUT2D eigenvalue weighted by atomic mass is 9.94. The third-order valence-corrected chi connectivity index (χ3v) is 8.21. The Morgan fingerprint density at radius 2 is 1.95 bits per heavy atom. The van der Waals surface area contributed by atoms with Crippen molar-refractivity contribution in [2.45, 2.75) is 57.2 Å². The number of nitrogens with one attached hydrogen (secondary N) is 1. The molecule has 11 nitrogen and oxygen atoms in total. The van der Waals surface area contributed by atoms with E-state index in [0.717, 1.165) is 48.1 Å². The maximum Gasteiger partial charge on any atom is 0.243 e. The van der Waals surface area contributed by atoms with Crippen LogP contribution in [0.1, 0.15) is 48.8 Å². The number of aromatic nitrogens is 3. The SMILES string of the molecule is Cn1nnc2cc(CNC(=O)[C@@H]3CC(Cc4ccccc4C#N)CN3C(=O)[C@H](N)CCC(=O)N3CCCC3)ccc21. The van der Waals surface area contributed by atoms with Crippen molar-refractivity contribution in [1.82, 2.24) is 30.1 Å². The van der Waals surface area contributed by atoms with Crippen molar-refractivity contribution in [1.29, 1.82) is 5.26 Å². The zero-order valence-corrected chi connectivity index (χ0v) is 23.3. The Labute approximate surface area is 239 Å². The van der Waals surface area contributed by atoms with E-state index in [1.54, 1.807) is 15.6 Å². The van der Waals surface area contributed by atoms with E-state index >= 15 is 0 Å². The first-order valence-electron chi connectivity index (χ1n) is 14.2. The maximum atomic E-state index is 13.6. The molecule has 2 aliphatic heterocycles. The molecule has 0 bridgehead atoms. The molecular formula is C30H36N8O3. The normalized spacial score (nSPS) is 19.3. The van der Waals surface area contributed by atoms with Gasteiger partial charge in [0.25, 0.3) is 0 Å². The van der Waals surface area contributed by atoms with E-state index in [1.807, 2.05) is 48.3 Å². The van der Waals surface area contributed by atoms with Crippen LogP contribution in [0.5, 0.6) is 0 Å². The van der Waals surface area contributed by atoms with Gasteiger partial charge in [-0.25, -0.2) is 4.68 Å². The Morgan fingerprint density at radius 3 is 2.73 bits per heavy atom. The van der Waals surface area contributed by atoms with Crippen molar-refractivity contribution in [2.75, 3.05) is 19.6 Å². The van der Waals surface area contributed by atoms with Gasteiger partial charge in [-0.05, 0) is 67.3 Å². The highest BCUT2D eigenvalue weighted by Gasteiger charge is 2.41. The number of amides is 3. The minimum atomic E-state index is -0.874. The standard InChI is InChI=1S/C30H36N8O3/c1-36-26-10-8-20(15-25(26)34-35-36)18-33-29(40)27-16-21(14-22-6-2-3-7-23(22)17-31)19-38(27)30(41)24(32)9-11-28(39)37-12-4-5-13-37/h2-3,6-8,10,15,21,24,27H,4-5,9,11-14,16,18-19,32H2,1H3,(H,33,40)/t21?,24-,27+/m1/s1. The lowest BCUT2D eigenvalue weighted by Gasteiger charge is -2.27. The van der Waals surface area contributed by atoms with E-state index in [-0.39, 0.29) is 43.0 Å². The van der Waals surface area contributed by atoms with Crippen molar-refractivity contribution in [2.24, 2.45) is 18.7 Å². The van der Waals surface area contributed by atoms with E-state index in [1.165, 1.54) is 0 Å². The van der Waals surface area contributed by atoms with Crippen LogP contribution in [0, 0.1) is 17.2 Å². The van der Waals surface area contributed by atoms with E-state index in [4.69, 9.17) is 5.73 Å². The molecule has 0 radical (unpaired) electrons. The summed E-state index contributed by atoms with van der Waals surface area (Å²) in [7, 11) is 1.82. The quantitative estimate of drug-likeness (QED) is 0.407. The molecule has 2 aliphatic rings. The molecule has 3 amide bonds. The molecule has 2 saturated heterocycles. The van der Waals surface area contributed by atoms with Gasteiger partial charge in [0.05, 0.1) is 23.2 Å². The van der Waals surface area contributed by atoms with Crippen LogP contribution in [0.2, 0.25) is 0 Å². The third kappa shape index (κ3) is 6.38. The number of nitrogens with zero attached hydrogens (tertiary/aromatic N) is 6. The molecule has 41 heavy (non-hydrogen) atoms. The summed E-state index contributed by atoms with van der Waals surface area (Å²) >= 11 is 0. The average Bonchev–Trinajstić information content (AvgIpc) is 3.75. The highest BCUT2D eigenvalue weighted by Crippen LogP contribution is 2.29. The van der Waals surface area contributed by atoms with Gasteiger partial charge < -0.3 is 20.9 Å². The van der Waals surface area contributed by atoms with Crippen molar-refractivity contribution >= 4 is 28.8 Å². The number of fused-ring (bicyclic) bond motifs is 1. The summed E-state index contributed by atoms with van der Waals surface area (Å²) in [5.74, 6) is -0.573. The average molecular weight is 557 g/mol. The number of likely N-dealkylation sites (tertiary alicyclic amines) is 2. The van der Waals surface area contributed by atoms with Crippen molar-refractivity contribution in [3.05, 3.63) is 59.2 Å².